The first-order valence-corrected chi connectivity index (χ1v) is 9.36. The van der Waals surface area contributed by atoms with Gasteiger partial charge >= 0.3 is 5.97 Å². The van der Waals surface area contributed by atoms with Crippen LogP contribution in [0.15, 0.2) is 30.3 Å². The Balaban J connectivity index is 1.89. The maximum Gasteiger partial charge on any atom is 0.341 e. The summed E-state index contributed by atoms with van der Waals surface area (Å²) in [6.07, 6.45) is 0. The molecule has 0 aliphatic heterocycles. The predicted molar refractivity (Wildman–Crippen MR) is 105 cm³/mol. The van der Waals surface area contributed by atoms with Gasteiger partial charge < -0.3 is 15.8 Å². The molecule has 0 bridgehead atoms. The molecule has 0 fully saturated rings. The molecule has 0 unspecified atom stereocenters. The molecule has 2 amide bonds. The van der Waals surface area contributed by atoms with Gasteiger partial charge in [0.25, 0.3) is 11.8 Å². The van der Waals surface area contributed by atoms with Crippen LogP contribution in [0.5, 0.6) is 0 Å². The molecule has 0 atom stereocenters. The number of hydrogen-bond acceptors (Lipinski definition) is 6. The lowest BCUT2D eigenvalue weighted by Crippen LogP contribution is -2.15. The highest BCUT2D eigenvalue weighted by molar-refractivity contribution is 7.18. The fourth-order valence-corrected chi connectivity index (χ4v) is 3.70. The lowest BCUT2D eigenvalue weighted by atomic mass is 10.1. The number of esters is 1. The first-order chi connectivity index (χ1) is 13.8. The average Bonchev–Trinajstić information content (AvgIpc) is 3.28. The number of anilines is 1. The summed E-state index contributed by atoms with van der Waals surface area (Å²) in [6, 6.07) is 7.13. The number of hydrogen-bond donors (Lipinski definition) is 3. The zero-order chi connectivity index (χ0) is 21.1. The van der Waals surface area contributed by atoms with Crippen molar-refractivity contribution in [1.29, 1.82) is 0 Å². The van der Waals surface area contributed by atoms with Crippen molar-refractivity contribution in [1.82, 2.24) is 10.2 Å². The highest BCUT2D eigenvalue weighted by atomic mass is 32.1. The van der Waals surface area contributed by atoms with E-state index in [2.05, 4.69) is 15.5 Å². The SMILES string of the molecule is CCOC(=O)c1c(NC(=O)c2cc(-c3ccc(F)cc3)n[nH]2)sc(C(N)=O)c1C. The van der Waals surface area contributed by atoms with Crippen LogP contribution in [0.2, 0.25) is 0 Å². The van der Waals surface area contributed by atoms with Crippen molar-refractivity contribution in [2.45, 2.75) is 13.8 Å². The van der Waals surface area contributed by atoms with E-state index in [1.54, 1.807) is 13.8 Å². The number of thiophene rings is 1. The number of carbonyl (C=O) groups is 3. The molecule has 3 rings (SSSR count). The van der Waals surface area contributed by atoms with Crippen LogP contribution in [0.1, 0.15) is 43.0 Å². The minimum Gasteiger partial charge on any atom is -0.462 e. The monoisotopic (exact) mass is 416 g/mol. The van der Waals surface area contributed by atoms with Crippen molar-refractivity contribution in [2.75, 3.05) is 11.9 Å². The number of aromatic amines is 1. The number of amides is 2. The Morgan fingerprint density at radius 2 is 1.97 bits per heavy atom. The lowest BCUT2D eigenvalue weighted by Gasteiger charge is -2.06. The molecule has 3 aromatic rings. The molecular weight excluding hydrogens is 399 g/mol. The van der Waals surface area contributed by atoms with E-state index in [9.17, 15) is 18.8 Å². The molecule has 0 spiro atoms. The molecule has 150 valence electrons. The number of H-pyrrole nitrogens is 1. The molecule has 0 aliphatic rings. The van der Waals surface area contributed by atoms with Crippen LogP contribution in [-0.2, 0) is 4.74 Å². The van der Waals surface area contributed by atoms with E-state index in [1.807, 2.05) is 0 Å². The van der Waals surface area contributed by atoms with E-state index in [0.29, 0.717) is 16.8 Å². The molecule has 0 radical (unpaired) electrons. The van der Waals surface area contributed by atoms with Crippen LogP contribution in [0.3, 0.4) is 0 Å². The Labute approximate surface area is 168 Å². The first kappa shape index (κ1) is 20.2. The van der Waals surface area contributed by atoms with Crippen LogP contribution in [0.25, 0.3) is 11.3 Å². The highest BCUT2D eigenvalue weighted by Crippen LogP contribution is 2.34. The number of nitrogens with zero attached hydrogens (tertiary/aromatic N) is 1. The van der Waals surface area contributed by atoms with Gasteiger partial charge in [-0.15, -0.1) is 11.3 Å². The molecule has 4 N–H and O–H groups in total. The number of aromatic nitrogens is 2. The van der Waals surface area contributed by atoms with Crippen LogP contribution < -0.4 is 11.1 Å². The number of ether oxygens (including phenoxy) is 1. The maximum absolute atomic E-state index is 13.1. The molecule has 0 aliphatic carbocycles. The fourth-order valence-electron chi connectivity index (χ4n) is 2.66. The summed E-state index contributed by atoms with van der Waals surface area (Å²) >= 11 is 0.893. The summed E-state index contributed by atoms with van der Waals surface area (Å²) < 4.78 is 18.1. The van der Waals surface area contributed by atoms with Crippen molar-refractivity contribution in [3.63, 3.8) is 0 Å². The lowest BCUT2D eigenvalue weighted by molar-refractivity contribution is 0.0527. The van der Waals surface area contributed by atoms with E-state index >= 15 is 0 Å². The third-order valence-electron chi connectivity index (χ3n) is 4.04. The Bertz CT molecular complexity index is 1090. The summed E-state index contributed by atoms with van der Waals surface area (Å²) in [4.78, 5) is 36.7. The second-order valence-electron chi connectivity index (χ2n) is 5.97. The summed E-state index contributed by atoms with van der Waals surface area (Å²) in [5.74, 6) is -2.33. The van der Waals surface area contributed by atoms with Gasteiger partial charge in [0.05, 0.1) is 22.7 Å². The van der Waals surface area contributed by atoms with Gasteiger partial charge in [-0.2, -0.15) is 5.10 Å². The van der Waals surface area contributed by atoms with Crippen LogP contribution >= 0.6 is 11.3 Å². The van der Waals surface area contributed by atoms with E-state index in [0.717, 1.165) is 11.3 Å². The third kappa shape index (κ3) is 4.16. The Morgan fingerprint density at radius 3 is 2.59 bits per heavy atom. The van der Waals surface area contributed by atoms with E-state index in [1.165, 1.54) is 30.3 Å². The average molecular weight is 416 g/mol. The number of carbonyl (C=O) groups excluding carboxylic acids is 3. The van der Waals surface area contributed by atoms with E-state index in [-0.39, 0.29) is 33.6 Å². The second-order valence-corrected chi connectivity index (χ2v) is 6.99. The van der Waals surface area contributed by atoms with Crippen molar-refractivity contribution in [3.8, 4) is 11.3 Å². The number of benzene rings is 1. The molecule has 29 heavy (non-hydrogen) atoms. The Kier molecular flexibility index (Phi) is 5.74. The number of nitrogens with one attached hydrogen (secondary N) is 2. The quantitative estimate of drug-likeness (QED) is 0.532. The summed E-state index contributed by atoms with van der Waals surface area (Å²) in [5, 5.41) is 9.39. The number of rotatable bonds is 6. The number of halogens is 1. The van der Waals surface area contributed by atoms with Crippen molar-refractivity contribution in [3.05, 3.63) is 57.8 Å². The second kappa shape index (κ2) is 8.23. The smallest absolute Gasteiger partial charge is 0.341 e. The molecular formula is C19H17FN4O4S. The zero-order valence-corrected chi connectivity index (χ0v) is 16.4. The normalized spacial score (nSPS) is 10.6. The van der Waals surface area contributed by atoms with Crippen LogP contribution in [0.4, 0.5) is 9.39 Å². The molecule has 8 nitrogen and oxygen atoms in total. The van der Waals surface area contributed by atoms with Gasteiger partial charge in [-0.05, 0) is 49.7 Å². The number of primary amides is 1. The minimum atomic E-state index is -0.710. The van der Waals surface area contributed by atoms with Crippen molar-refractivity contribution in [2.24, 2.45) is 5.73 Å². The molecule has 10 heteroatoms. The van der Waals surface area contributed by atoms with Gasteiger partial charge in [0.2, 0.25) is 0 Å². The van der Waals surface area contributed by atoms with Crippen molar-refractivity contribution < 1.29 is 23.5 Å². The fraction of sp³-hybridized carbons (Fsp3) is 0.158. The standard InChI is InChI=1S/C19H17FN4O4S/c1-3-28-19(27)14-9(2)15(16(21)25)29-18(14)22-17(26)13-8-12(23-24-13)10-4-6-11(20)7-5-10/h4-8H,3H2,1-2H3,(H2,21,25)(H,22,26)(H,23,24). The van der Waals surface area contributed by atoms with Gasteiger partial charge in [-0.3, -0.25) is 14.7 Å². The zero-order valence-electron chi connectivity index (χ0n) is 15.5. The molecule has 0 saturated carbocycles. The van der Waals surface area contributed by atoms with Gasteiger partial charge in [0, 0.05) is 5.56 Å². The van der Waals surface area contributed by atoms with Crippen molar-refractivity contribution >= 4 is 34.1 Å². The van der Waals surface area contributed by atoms with Gasteiger partial charge in [-0.25, -0.2) is 9.18 Å². The van der Waals surface area contributed by atoms with Crippen LogP contribution in [0, 0.1) is 12.7 Å². The Morgan fingerprint density at radius 1 is 1.28 bits per heavy atom. The van der Waals surface area contributed by atoms with E-state index in [4.69, 9.17) is 10.5 Å². The summed E-state index contributed by atoms with van der Waals surface area (Å²) in [7, 11) is 0. The maximum atomic E-state index is 13.1. The summed E-state index contributed by atoms with van der Waals surface area (Å²) in [5.41, 5.74) is 6.96. The molecule has 1 aromatic carbocycles. The number of nitrogens with two attached hydrogens (primary N) is 1. The summed E-state index contributed by atoms with van der Waals surface area (Å²) in [6.45, 7) is 3.34. The van der Waals surface area contributed by atoms with E-state index < -0.39 is 17.8 Å². The van der Waals surface area contributed by atoms with Crippen LogP contribution in [-0.4, -0.2) is 34.6 Å². The van der Waals surface area contributed by atoms with Gasteiger partial charge in [-0.1, -0.05) is 0 Å². The Hall–Kier alpha value is -3.53. The molecule has 0 saturated heterocycles. The van der Waals surface area contributed by atoms with Gasteiger partial charge in [0.15, 0.2) is 0 Å². The minimum absolute atomic E-state index is 0.0808. The molecule has 2 heterocycles. The largest absolute Gasteiger partial charge is 0.462 e. The predicted octanol–water partition coefficient (Wildman–Crippen LogP) is 3.11. The first-order valence-electron chi connectivity index (χ1n) is 8.54. The third-order valence-corrected chi connectivity index (χ3v) is 5.26. The van der Waals surface area contributed by atoms with Gasteiger partial charge in [0.1, 0.15) is 16.5 Å². The highest BCUT2D eigenvalue weighted by Gasteiger charge is 2.26. The topological polar surface area (TPSA) is 127 Å². The molecule has 2 aromatic heterocycles.